The quantitative estimate of drug-likeness (QED) is 0.787. The zero-order chi connectivity index (χ0) is 17.9. The van der Waals surface area contributed by atoms with Crippen LogP contribution < -0.4 is 10.2 Å². The van der Waals surface area contributed by atoms with E-state index in [9.17, 15) is 9.59 Å². The van der Waals surface area contributed by atoms with Crippen LogP contribution in [-0.4, -0.2) is 30.1 Å². The van der Waals surface area contributed by atoms with E-state index in [1.54, 1.807) is 11.1 Å². The lowest BCUT2D eigenvalue weighted by atomic mass is 10.1. The number of fused-ring (bicyclic) bond motifs is 1. The molecule has 2 aromatic carbocycles. The highest BCUT2D eigenvalue weighted by Gasteiger charge is 2.23. The Hall–Kier alpha value is -3.41. The molecule has 3 aromatic rings. The van der Waals surface area contributed by atoms with E-state index in [2.05, 4.69) is 10.3 Å². The van der Waals surface area contributed by atoms with E-state index in [0.29, 0.717) is 25.4 Å². The van der Waals surface area contributed by atoms with Gasteiger partial charge in [0.25, 0.3) is 5.91 Å². The van der Waals surface area contributed by atoms with Crippen molar-refractivity contribution >= 4 is 28.5 Å². The second-order valence-electron chi connectivity index (χ2n) is 6.00. The Morgan fingerprint density at radius 2 is 2.04 bits per heavy atom. The van der Waals surface area contributed by atoms with Crippen molar-refractivity contribution in [1.29, 1.82) is 0 Å². The number of carbonyl (C=O) groups excluding carboxylic acids is 2. The molecule has 0 bridgehead atoms. The van der Waals surface area contributed by atoms with Crippen LogP contribution >= 0.6 is 0 Å². The third-order valence-corrected chi connectivity index (χ3v) is 4.32. The van der Waals surface area contributed by atoms with Crippen LogP contribution in [0.5, 0.6) is 0 Å². The van der Waals surface area contributed by atoms with Gasteiger partial charge in [-0.1, -0.05) is 36.4 Å². The number of nitrogens with one attached hydrogen (secondary N) is 1. The Kier molecular flexibility index (Phi) is 4.23. The first-order chi connectivity index (χ1) is 12.7. The van der Waals surface area contributed by atoms with Crippen LogP contribution in [0.2, 0.25) is 0 Å². The molecule has 6 nitrogen and oxygen atoms in total. The topological polar surface area (TPSA) is 71.5 Å². The molecule has 1 N–H and O–H groups in total. The van der Waals surface area contributed by atoms with Crippen molar-refractivity contribution in [3.63, 3.8) is 0 Å². The molecule has 0 spiro atoms. The molecule has 0 unspecified atom stereocenters. The van der Waals surface area contributed by atoms with Crippen LogP contribution in [0.25, 0.3) is 10.8 Å². The highest BCUT2D eigenvalue weighted by atomic mass is 16.6. The summed E-state index contributed by atoms with van der Waals surface area (Å²) < 4.78 is 4.97. The Balaban J connectivity index is 1.50. The minimum absolute atomic E-state index is 0.229. The molecule has 6 heteroatoms. The summed E-state index contributed by atoms with van der Waals surface area (Å²) >= 11 is 0. The second kappa shape index (κ2) is 6.84. The molecule has 0 atom stereocenters. The molecule has 26 heavy (non-hydrogen) atoms. The van der Waals surface area contributed by atoms with E-state index in [1.165, 1.54) is 0 Å². The monoisotopic (exact) mass is 347 g/mol. The number of amides is 2. The summed E-state index contributed by atoms with van der Waals surface area (Å²) in [5, 5.41) is 4.69. The summed E-state index contributed by atoms with van der Waals surface area (Å²) in [6.07, 6.45) is 1.29. The predicted octanol–water partition coefficient (Wildman–Crippen LogP) is 3.12. The van der Waals surface area contributed by atoms with Gasteiger partial charge >= 0.3 is 6.09 Å². The number of rotatable bonds is 4. The third-order valence-electron chi connectivity index (χ3n) is 4.32. The van der Waals surface area contributed by atoms with Crippen molar-refractivity contribution in [3.8, 4) is 0 Å². The van der Waals surface area contributed by atoms with Gasteiger partial charge in [0, 0.05) is 23.8 Å². The zero-order valence-corrected chi connectivity index (χ0v) is 14.0. The van der Waals surface area contributed by atoms with Crippen LogP contribution in [-0.2, 0) is 11.3 Å². The fraction of sp³-hybridized carbons (Fsp3) is 0.150. The number of hydrogen-bond acceptors (Lipinski definition) is 4. The molecule has 1 saturated heterocycles. The van der Waals surface area contributed by atoms with E-state index in [4.69, 9.17) is 4.74 Å². The SMILES string of the molecule is O=C(NCc1cccc(N2CCOC2=O)c1)c1nccc2ccccc12. The van der Waals surface area contributed by atoms with Gasteiger partial charge in [0.2, 0.25) is 0 Å². The van der Waals surface area contributed by atoms with E-state index < -0.39 is 0 Å². The van der Waals surface area contributed by atoms with Gasteiger partial charge in [0.05, 0.1) is 6.54 Å². The van der Waals surface area contributed by atoms with Crippen molar-refractivity contribution in [2.24, 2.45) is 0 Å². The molecule has 1 aliphatic rings. The number of carbonyl (C=O) groups is 2. The van der Waals surface area contributed by atoms with E-state index in [0.717, 1.165) is 22.0 Å². The van der Waals surface area contributed by atoms with Gasteiger partial charge in [-0.25, -0.2) is 4.79 Å². The molecule has 0 radical (unpaired) electrons. The maximum absolute atomic E-state index is 12.6. The number of anilines is 1. The molecule has 1 aliphatic heterocycles. The molecule has 2 heterocycles. The van der Waals surface area contributed by atoms with Crippen LogP contribution in [0.3, 0.4) is 0 Å². The Labute approximate surface area is 150 Å². The summed E-state index contributed by atoms with van der Waals surface area (Å²) in [6, 6.07) is 17.0. The smallest absolute Gasteiger partial charge is 0.414 e. The van der Waals surface area contributed by atoms with Crippen LogP contribution in [0.15, 0.2) is 60.8 Å². The average Bonchev–Trinajstić information content (AvgIpc) is 3.12. The lowest BCUT2D eigenvalue weighted by molar-refractivity contribution is 0.0947. The highest BCUT2D eigenvalue weighted by molar-refractivity contribution is 6.05. The number of benzene rings is 2. The van der Waals surface area contributed by atoms with Gasteiger partial charge in [0.1, 0.15) is 12.3 Å². The third kappa shape index (κ3) is 3.09. The molecule has 4 rings (SSSR count). The Morgan fingerprint density at radius 1 is 1.15 bits per heavy atom. The zero-order valence-electron chi connectivity index (χ0n) is 14.0. The standard InChI is InChI=1S/C20H17N3O3/c24-19(18-17-7-2-1-5-15(17)8-9-21-18)22-13-14-4-3-6-16(12-14)23-10-11-26-20(23)25/h1-9,12H,10-11,13H2,(H,22,24). The summed E-state index contributed by atoms with van der Waals surface area (Å²) in [4.78, 5) is 30.1. The highest BCUT2D eigenvalue weighted by Crippen LogP contribution is 2.20. The summed E-state index contributed by atoms with van der Waals surface area (Å²) in [5.41, 5.74) is 2.07. The Bertz CT molecular complexity index is 981. The fourth-order valence-electron chi connectivity index (χ4n) is 3.03. The minimum Gasteiger partial charge on any atom is -0.447 e. The van der Waals surface area contributed by atoms with Gasteiger partial charge in [-0.15, -0.1) is 0 Å². The van der Waals surface area contributed by atoms with Crippen LogP contribution in [0.4, 0.5) is 10.5 Å². The van der Waals surface area contributed by atoms with Crippen molar-refractivity contribution in [2.45, 2.75) is 6.54 Å². The molecule has 0 saturated carbocycles. The van der Waals surface area contributed by atoms with Crippen molar-refractivity contribution < 1.29 is 14.3 Å². The average molecular weight is 347 g/mol. The maximum atomic E-state index is 12.6. The number of hydrogen-bond donors (Lipinski definition) is 1. The van der Waals surface area contributed by atoms with Crippen molar-refractivity contribution in [3.05, 3.63) is 72.1 Å². The summed E-state index contributed by atoms with van der Waals surface area (Å²) in [6.45, 7) is 1.28. The molecule has 0 aliphatic carbocycles. The maximum Gasteiger partial charge on any atom is 0.414 e. The van der Waals surface area contributed by atoms with Gasteiger partial charge in [-0.2, -0.15) is 0 Å². The first-order valence-electron chi connectivity index (χ1n) is 8.37. The number of cyclic esters (lactones) is 1. The largest absolute Gasteiger partial charge is 0.447 e. The van der Waals surface area contributed by atoms with Gasteiger partial charge in [-0.3, -0.25) is 14.7 Å². The first kappa shape index (κ1) is 16.1. The van der Waals surface area contributed by atoms with E-state index in [1.807, 2.05) is 54.6 Å². The molecular formula is C20H17N3O3. The second-order valence-corrected chi connectivity index (χ2v) is 6.00. The number of nitrogens with zero attached hydrogens (tertiary/aromatic N) is 2. The lowest BCUT2D eigenvalue weighted by Gasteiger charge is -2.14. The molecule has 130 valence electrons. The predicted molar refractivity (Wildman–Crippen MR) is 98.0 cm³/mol. The van der Waals surface area contributed by atoms with Crippen LogP contribution in [0.1, 0.15) is 16.1 Å². The normalized spacial score (nSPS) is 13.7. The lowest BCUT2D eigenvalue weighted by Crippen LogP contribution is -2.25. The van der Waals surface area contributed by atoms with Crippen molar-refractivity contribution in [1.82, 2.24) is 10.3 Å². The van der Waals surface area contributed by atoms with Gasteiger partial charge in [-0.05, 0) is 29.1 Å². The Morgan fingerprint density at radius 3 is 2.88 bits per heavy atom. The van der Waals surface area contributed by atoms with Crippen LogP contribution in [0, 0.1) is 0 Å². The fourth-order valence-corrected chi connectivity index (χ4v) is 3.03. The molecule has 2 amide bonds. The summed E-state index contributed by atoms with van der Waals surface area (Å²) in [5.74, 6) is -0.229. The molecular weight excluding hydrogens is 330 g/mol. The number of pyridine rings is 1. The molecule has 1 aromatic heterocycles. The minimum atomic E-state index is -0.342. The van der Waals surface area contributed by atoms with E-state index >= 15 is 0 Å². The molecule has 1 fully saturated rings. The van der Waals surface area contributed by atoms with Crippen molar-refractivity contribution in [2.75, 3.05) is 18.1 Å². The van der Waals surface area contributed by atoms with Gasteiger partial charge in [0.15, 0.2) is 0 Å². The van der Waals surface area contributed by atoms with Gasteiger partial charge < -0.3 is 10.1 Å². The summed E-state index contributed by atoms with van der Waals surface area (Å²) in [7, 11) is 0. The number of aromatic nitrogens is 1. The first-order valence-corrected chi connectivity index (χ1v) is 8.37. The van der Waals surface area contributed by atoms with E-state index in [-0.39, 0.29) is 12.0 Å². The number of ether oxygens (including phenoxy) is 1.